The van der Waals surface area contributed by atoms with Crippen molar-refractivity contribution in [2.75, 3.05) is 5.43 Å². The Morgan fingerprint density at radius 1 is 1.53 bits per heavy atom. The molecule has 2 heterocycles. The lowest BCUT2D eigenvalue weighted by Crippen LogP contribution is -2.11. The monoisotopic (exact) mass is 238 g/mol. The quantitative estimate of drug-likeness (QED) is 0.605. The molecule has 0 aliphatic carbocycles. The zero-order valence-electron chi connectivity index (χ0n) is 9.31. The van der Waals surface area contributed by atoms with Crippen molar-refractivity contribution in [2.24, 2.45) is 12.9 Å². The normalized spacial score (nSPS) is 10.4. The van der Waals surface area contributed by atoms with Crippen LogP contribution in [0.15, 0.2) is 12.3 Å². The number of hydrogen-bond donors (Lipinski definition) is 2. The van der Waals surface area contributed by atoms with Gasteiger partial charge in [-0.3, -0.25) is 5.43 Å². The fraction of sp³-hybridized carbons (Fsp3) is 0.222. The highest BCUT2D eigenvalue weighted by Gasteiger charge is 2.11. The third-order valence-electron chi connectivity index (χ3n) is 2.00. The maximum atomic E-state index is 13.4. The molecule has 0 saturated heterocycles. The Labute approximate surface area is 96.4 Å². The predicted octanol–water partition coefficient (Wildman–Crippen LogP) is 0.736. The van der Waals surface area contributed by atoms with Crippen molar-refractivity contribution in [3.8, 4) is 11.8 Å². The van der Waals surface area contributed by atoms with Crippen LogP contribution in [-0.2, 0) is 7.05 Å². The van der Waals surface area contributed by atoms with Gasteiger partial charge in [-0.1, -0.05) is 0 Å². The van der Waals surface area contributed by atoms with E-state index in [1.165, 1.54) is 4.68 Å². The predicted molar refractivity (Wildman–Crippen MR) is 57.8 cm³/mol. The van der Waals surface area contributed by atoms with Crippen LogP contribution in [0.1, 0.15) is 5.69 Å². The molecule has 0 aliphatic rings. The molecule has 0 atom stereocenters. The molecule has 0 aromatic carbocycles. The van der Waals surface area contributed by atoms with Crippen LogP contribution in [-0.4, -0.2) is 19.7 Å². The zero-order valence-corrected chi connectivity index (χ0v) is 9.31. The number of hydrazine groups is 1. The van der Waals surface area contributed by atoms with E-state index in [1.54, 1.807) is 20.0 Å². The van der Waals surface area contributed by atoms with Gasteiger partial charge in [0.2, 0.25) is 17.6 Å². The number of anilines is 1. The number of halogens is 1. The molecular weight excluding hydrogens is 227 g/mol. The second kappa shape index (κ2) is 4.34. The van der Waals surface area contributed by atoms with Gasteiger partial charge >= 0.3 is 0 Å². The lowest BCUT2D eigenvalue weighted by atomic mass is 10.5. The van der Waals surface area contributed by atoms with Crippen molar-refractivity contribution in [3.63, 3.8) is 0 Å². The van der Waals surface area contributed by atoms with E-state index < -0.39 is 5.82 Å². The van der Waals surface area contributed by atoms with E-state index in [-0.39, 0.29) is 11.8 Å². The van der Waals surface area contributed by atoms with E-state index >= 15 is 0 Å². The molecule has 0 aliphatic heterocycles. The summed E-state index contributed by atoms with van der Waals surface area (Å²) in [5, 5.41) is 4.06. The Morgan fingerprint density at radius 2 is 2.29 bits per heavy atom. The summed E-state index contributed by atoms with van der Waals surface area (Å²) in [4.78, 5) is 7.35. The summed E-state index contributed by atoms with van der Waals surface area (Å²) in [6.07, 6.45) is 0.973. The molecule has 2 aromatic rings. The third kappa shape index (κ3) is 2.31. The van der Waals surface area contributed by atoms with E-state index in [0.29, 0.717) is 5.88 Å². The highest BCUT2D eigenvalue weighted by molar-refractivity contribution is 5.29. The lowest BCUT2D eigenvalue weighted by Gasteiger charge is -2.06. The van der Waals surface area contributed by atoms with Crippen molar-refractivity contribution in [3.05, 3.63) is 23.8 Å². The van der Waals surface area contributed by atoms with Crippen LogP contribution in [0.4, 0.5) is 10.3 Å². The summed E-state index contributed by atoms with van der Waals surface area (Å²) in [6.45, 7) is 1.80. The second-order valence-corrected chi connectivity index (χ2v) is 3.34. The summed E-state index contributed by atoms with van der Waals surface area (Å²) in [7, 11) is 1.68. The number of ether oxygens (including phenoxy) is 1. The van der Waals surface area contributed by atoms with Gasteiger partial charge in [0.15, 0.2) is 0 Å². The summed E-state index contributed by atoms with van der Waals surface area (Å²) < 4.78 is 20.1. The van der Waals surface area contributed by atoms with Gasteiger partial charge in [0.05, 0.1) is 11.9 Å². The van der Waals surface area contributed by atoms with Gasteiger partial charge in [-0.15, -0.1) is 0 Å². The van der Waals surface area contributed by atoms with Crippen LogP contribution < -0.4 is 16.0 Å². The first-order valence-corrected chi connectivity index (χ1v) is 4.78. The minimum Gasteiger partial charge on any atom is -0.418 e. The Balaban J connectivity index is 2.32. The van der Waals surface area contributed by atoms with Crippen molar-refractivity contribution < 1.29 is 9.13 Å². The van der Waals surface area contributed by atoms with Crippen molar-refractivity contribution in [2.45, 2.75) is 6.92 Å². The molecular formula is C9H11FN6O. The first kappa shape index (κ1) is 11.3. The third-order valence-corrected chi connectivity index (χ3v) is 2.00. The molecule has 0 bridgehead atoms. The van der Waals surface area contributed by atoms with E-state index in [2.05, 4.69) is 20.5 Å². The summed E-state index contributed by atoms with van der Waals surface area (Å²) in [5.41, 5.74) is 2.97. The van der Waals surface area contributed by atoms with Crippen LogP contribution in [0.5, 0.6) is 11.8 Å². The number of nitrogens with two attached hydrogens (primary N) is 1. The van der Waals surface area contributed by atoms with Gasteiger partial charge in [0, 0.05) is 13.1 Å². The van der Waals surface area contributed by atoms with Gasteiger partial charge in [-0.2, -0.15) is 14.5 Å². The smallest absolute Gasteiger partial charge is 0.262 e. The summed E-state index contributed by atoms with van der Waals surface area (Å²) >= 11 is 0. The van der Waals surface area contributed by atoms with E-state index in [9.17, 15) is 4.39 Å². The van der Waals surface area contributed by atoms with E-state index in [4.69, 9.17) is 10.6 Å². The Morgan fingerprint density at radius 3 is 2.88 bits per heavy atom. The van der Waals surface area contributed by atoms with Crippen LogP contribution in [0.2, 0.25) is 0 Å². The molecule has 0 saturated carbocycles. The fourth-order valence-corrected chi connectivity index (χ4v) is 1.27. The average Bonchev–Trinajstić information content (AvgIpc) is 2.60. The maximum absolute atomic E-state index is 13.4. The Hall–Kier alpha value is -2.22. The van der Waals surface area contributed by atoms with Crippen molar-refractivity contribution in [1.29, 1.82) is 0 Å². The minimum absolute atomic E-state index is 0.0697. The number of aryl methyl sites for hydroxylation is 2. The standard InChI is InChI=1S/C9H11FN6O/c1-5-3-7(16(2)15-5)17-8-6(10)4-12-9(13-8)14-11/h3-4H,11H2,1-2H3,(H,12,13,14). The molecule has 2 aromatic heterocycles. The van der Waals surface area contributed by atoms with Gasteiger partial charge in [0.25, 0.3) is 5.88 Å². The van der Waals surface area contributed by atoms with Crippen molar-refractivity contribution in [1.82, 2.24) is 19.7 Å². The molecule has 2 rings (SSSR count). The topological polar surface area (TPSA) is 90.9 Å². The zero-order chi connectivity index (χ0) is 12.4. The maximum Gasteiger partial charge on any atom is 0.262 e. The molecule has 8 heteroatoms. The highest BCUT2D eigenvalue weighted by Crippen LogP contribution is 2.22. The van der Waals surface area contributed by atoms with Crippen LogP contribution in [0.3, 0.4) is 0 Å². The number of nitrogens with one attached hydrogen (secondary N) is 1. The fourth-order valence-electron chi connectivity index (χ4n) is 1.27. The molecule has 17 heavy (non-hydrogen) atoms. The molecule has 0 unspecified atom stereocenters. The number of hydrogen-bond acceptors (Lipinski definition) is 6. The average molecular weight is 238 g/mol. The minimum atomic E-state index is -0.678. The molecule has 0 amide bonds. The molecule has 3 N–H and O–H groups in total. The summed E-state index contributed by atoms with van der Waals surface area (Å²) in [6, 6.07) is 1.66. The van der Waals surface area contributed by atoms with Gasteiger partial charge in [-0.05, 0) is 6.92 Å². The Bertz CT molecular complexity index is 540. The van der Waals surface area contributed by atoms with Gasteiger partial charge in [0.1, 0.15) is 0 Å². The lowest BCUT2D eigenvalue weighted by molar-refractivity contribution is 0.386. The van der Waals surface area contributed by atoms with Gasteiger partial charge in [-0.25, -0.2) is 15.5 Å². The van der Waals surface area contributed by atoms with E-state index in [0.717, 1.165) is 11.9 Å². The SMILES string of the molecule is Cc1cc(Oc2nc(NN)ncc2F)n(C)n1. The van der Waals surface area contributed by atoms with Crippen LogP contribution >= 0.6 is 0 Å². The first-order valence-electron chi connectivity index (χ1n) is 4.78. The highest BCUT2D eigenvalue weighted by atomic mass is 19.1. The van der Waals surface area contributed by atoms with Crippen LogP contribution in [0.25, 0.3) is 0 Å². The molecule has 0 spiro atoms. The number of nitrogens with zero attached hydrogens (tertiary/aromatic N) is 4. The van der Waals surface area contributed by atoms with E-state index in [1.807, 2.05) is 0 Å². The molecule has 0 radical (unpaired) electrons. The number of aromatic nitrogens is 4. The largest absolute Gasteiger partial charge is 0.418 e. The molecule has 7 nitrogen and oxygen atoms in total. The van der Waals surface area contributed by atoms with Gasteiger partial charge < -0.3 is 4.74 Å². The van der Waals surface area contributed by atoms with Crippen molar-refractivity contribution >= 4 is 5.95 Å². The second-order valence-electron chi connectivity index (χ2n) is 3.34. The summed E-state index contributed by atoms with van der Waals surface area (Å²) in [5.74, 6) is 4.68. The first-order chi connectivity index (χ1) is 8.10. The number of nitrogen functional groups attached to an aromatic ring is 1. The molecule has 0 fully saturated rings. The van der Waals surface area contributed by atoms with Crippen LogP contribution in [0, 0.1) is 12.7 Å². The molecule has 90 valence electrons. The number of rotatable bonds is 3. The Kier molecular flexibility index (Phi) is 2.88.